The van der Waals surface area contributed by atoms with E-state index in [9.17, 15) is 4.21 Å². The Bertz CT molecular complexity index is 461. The van der Waals surface area contributed by atoms with Gasteiger partial charge in [-0.15, -0.1) is 0 Å². The van der Waals surface area contributed by atoms with Gasteiger partial charge in [-0.25, -0.2) is 0 Å². The Labute approximate surface area is 118 Å². The summed E-state index contributed by atoms with van der Waals surface area (Å²) in [6.07, 6.45) is 6.49. The van der Waals surface area contributed by atoms with Gasteiger partial charge in [0, 0.05) is 11.2 Å². The fraction of sp³-hybridized carbons (Fsp3) is 0.917. The Morgan fingerprint density at radius 3 is 2.26 bits per heavy atom. The lowest BCUT2D eigenvalue weighted by Crippen LogP contribution is -2.48. The van der Waals surface area contributed by atoms with Crippen LogP contribution >= 0.6 is 0 Å². The highest BCUT2D eigenvalue weighted by atomic mass is 32.9. The lowest BCUT2D eigenvalue weighted by molar-refractivity contribution is 0.00111. The van der Waals surface area contributed by atoms with E-state index in [-0.39, 0.29) is 12.6 Å². The zero-order valence-electron chi connectivity index (χ0n) is 10.7. The van der Waals surface area contributed by atoms with Crippen LogP contribution in [0.5, 0.6) is 0 Å². The zero-order valence-corrected chi connectivity index (χ0v) is 12.4. The molecule has 4 aliphatic carbocycles. The summed E-state index contributed by atoms with van der Waals surface area (Å²) in [6.45, 7) is -0.151. The number of nitrogens with zero attached hydrogens (tertiary/aromatic N) is 1. The lowest BCUT2D eigenvalue weighted by atomic mass is 9.54. The molecule has 19 heavy (non-hydrogen) atoms. The van der Waals surface area contributed by atoms with Crippen LogP contribution in [0.1, 0.15) is 32.1 Å². The molecule has 0 spiro atoms. The Morgan fingerprint density at radius 1 is 1.26 bits per heavy atom. The van der Waals surface area contributed by atoms with E-state index >= 15 is 0 Å². The van der Waals surface area contributed by atoms with Crippen molar-refractivity contribution in [3.63, 3.8) is 0 Å². The number of rotatable bonds is 4. The van der Waals surface area contributed by atoms with Crippen LogP contribution in [0, 0.1) is 23.7 Å². The fourth-order valence-corrected chi connectivity index (χ4v) is 4.88. The highest BCUT2D eigenvalue weighted by Gasteiger charge is 2.48. The average Bonchev–Trinajstić information content (AvgIpc) is 2.29. The van der Waals surface area contributed by atoms with Crippen LogP contribution in [0.4, 0.5) is 0 Å². The second-order valence-corrected chi connectivity index (χ2v) is 8.59. The van der Waals surface area contributed by atoms with Gasteiger partial charge < -0.3 is 5.73 Å². The molecule has 4 aliphatic rings. The summed E-state index contributed by atoms with van der Waals surface area (Å²) in [5.41, 5.74) is 5.80. The molecule has 4 fully saturated rings. The molecule has 3 N–H and O–H groups in total. The molecular formula is C12H20N2O3S2. The van der Waals surface area contributed by atoms with Crippen LogP contribution < -0.4 is 5.73 Å². The number of nitrogens with two attached hydrogens (primary N) is 1. The molecule has 0 amide bonds. The molecule has 4 saturated carbocycles. The summed E-state index contributed by atoms with van der Waals surface area (Å²) in [6, 6.07) is 0.288. The molecule has 5 nitrogen and oxygen atoms in total. The SMILES string of the molecule is NC(COS(=O)(O)=S)=NC1C2CC3CC(C2)CC1C3. The van der Waals surface area contributed by atoms with Crippen LogP contribution in [0.3, 0.4) is 0 Å². The standard InChI is InChI=1S/C12H20N2O3S2/c13-11(6-17-19(15,16)18)14-12-9-2-7-1-8(4-9)5-10(12)3-7/h7-10,12H,1-6H2,(H2,13,14)(H,15,16,18). The first-order valence-electron chi connectivity index (χ1n) is 6.84. The second-order valence-electron chi connectivity index (χ2n) is 6.23. The summed E-state index contributed by atoms with van der Waals surface area (Å²) in [4.78, 5) is 4.57. The quantitative estimate of drug-likeness (QED) is 0.604. The minimum atomic E-state index is -3.61. The first kappa shape index (κ1) is 13.7. The van der Waals surface area contributed by atoms with Gasteiger partial charge in [-0.2, -0.15) is 4.21 Å². The maximum absolute atomic E-state index is 10.9. The van der Waals surface area contributed by atoms with Gasteiger partial charge in [0.1, 0.15) is 12.4 Å². The molecule has 7 heteroatoms. The van der Waals surface area contributed by atoms with Crippen molar-refractivity contribution in [2.45, 2.75) is 38.1 Å². The van der Waals surface area contributed by atoms with Gasteiger partial charge in [0.25, 0.3) is 9.05 Å². The van der Waals surface area contributed by atoms with E-state index in [1.807, 2.05) is 0 Å². The molecule has 4 rings (SSSR count). The molecule has 0 aromatic rings. The molecule has 1 atom stereocenters. The van der Waals surface area contributed by atoms with Crippen LogP contribution in [0.2, 0.25) is 0 Å². The Hall–Kier alpha value is -0.240. The lowest BCUT2D eigenvalue weighted by Gasteiger charge is -2.53. The van der Waals surface area contributed by atoms with Gasteiger partial charge in [-0.3, -0.25) is 13.7 Å². The predicted octanol–water partition coefficient (Wildman–Crippen LogP) is 1.32. The zero-order chi connectivity index (χ0) is 13.6. The first-order valence-corrected chi connectivity index (χ1v) is 9.21. The summed E-state index contributed by atoms with van der Waals surface area (Å²) in [5.74, 6) is 3.39. The third kappa shape index (κ3) is 3.09. The van der Waals surface area contributed by atoms with Gasteiger partial charge >= 0.3 is 0 Å². The monoisotopic (exact) mass is 304 g/mol. The van der Waals surface area contributed by atoms with E-state index in [0.29, 0.717) is 17.7 Å². The van der Waals surface area contributed by atoms with Crippen molar-refractivity contribution in [2.24, 2.45) is 34.4 Å². The first-order chi connectivity index (χ1) is 8.90. The normalized spacial score (nSPS) is 44.3. The second kappa shape index (κ2) is 4.95. The molecule has 0 radical (unpaired) electrons. The number of aliphatic imine (C=N–C) groups is 1. The van der Waals surface area contributed by atoms with Crippen molar-refractivity contribution in [3.8, 4) is 0 Å². The average molecular weight is 304 g/mol. The van der Waals surface area contributed by atoms with Crippen molar-refractivity contribution in [3.05, 3.63) is 0 Å². The Balaban J connectivity index is 1.66. The summed E-state index contributed by atoms with van der Waals surface area (Å²) >= 11 is 4.26. The maximum Gasteiger partial charge on any atom is 0.266 e. The van der Waals surface area contributed by atoms with Crippen LogP contribution in [0.25, 0.3) is 0 Å². The third-order valence-electron chi connectivity index (χ3n) is 4.85. The predicted molar refractivity (Wildman–Crippen MR) is 76.5 cm³/mol. The summed E-state index contributed by atoms with van der Waals surface area (Å²) in [5, 5.41) is 0. The van der Waals surface area contributed by atoms with Crippen molar-refractivity contribution in [1.82, 2.24) is 0 Å². The van der Waals surface area contributed by atoms with Gasteiger partial charge in [0.15, 0.2) is 0 Å². The Morgan fingerprint density at radius 2 is 1.79 bits per heavy atom. The largest absolute Gasteiger partial charge is 0.385 e. The molecule has 0 aromatic carbocycles. The van der Waals surface area contributed by atoms with E-state index < -0.39 is 9.05 Å². The van der Waals surface area contributed by atoms with Gasteiger partial charge in [0.05, 0.1) is 6.04 Å². The van der Waals surface area contributed by atoms with E-state index in [0.717, 1.165) is 11.8 Å². The van der Waals surface area contributed by atoms with Crippen molar-refractivity contribution in [1.29, 1.82) is 0 Å². The highest BCUT2D eigenvalue weighted by molar-refractivity contribution is 8.27. The smallest absolute Gasteiger partial charge is 0.266 e. The van der Waals surface area contributed by atoms with Gasteiger partial charge in [-0.1, -0.05) is 0 Å². The van der Waals surface area contributed by atoms with Crippen LogP contribution in [-0.2, 0) is 24.4 Å². The number of hydrogen-bond acceptors (Lipinski definition) is 4. The number of hydrogen-bond donors (Lipinski definition) is 2. The molecule has 0 heterocycles. The molecule has 0 saturated heterocycles. The Kier molecular flexibility index (Phi) is 3.57. The van der Waals surface area contributed by atoms with E-state index in [1.54, 1.807) is 0 Å². The molecular weight excluding hydrogens is 284 g/mol. The molecule has 4 bridgehead atoms. The highest BCUT2D eigenvalue weighted by Crippen LogP contribution is 2.54. The molecule has 108 valence electrons. The minimum Gasteiger partial charge on any atom is -0.385 e. The molecule has 1 unspecified atom stereocenters. The fourth-order valence-electron chi connectivity index (χ4n) is 4.47. The van der Waals surface area contributed by atoms with E-state index in [4.69, 9.17) is 10.3 Å². The summed E-state index contributed by atoms with van der Waals surface area (Å²) in [7, 11) is -3.61. The molecule has 0 aliphatic heterocycles. The van der Waals surface area contributed by atoms with Crippen LogP contribution in [-0.4, -0.2) is 27.2 Å². The van der Waals surface area contributed by atoms with Gasteiger partial charge in [0.2, 0.25) is 0 Å². The van der Waals surface area contributed by atoms with Gasteiger partial charge in [-0.05, 0) is 55.8 Å². The summed E-state index contributed by atoms with van der Waals surface area (Å²) < 4.78 is 24.4. The molecule has 0 aromatic heterocycles. The minimum absolute atomic E-state index is 0.151. The van der Waals surface area contributed by atoms with Crippen molar-refractivity contribution < 1.29 is 12.9 Å². The topological polar surface area (TPSA) is 84.9 Å². The maximum atomic E-state index is 10.9. The third-order valence-corrected chi connectivity index (χ3v) is 5.55. The number of amidine groups is 1. The van der Waals surface area contributed by atoms with Crippen molar-refractivity contribution >= 4 is 26.1 Å². The van der Waals surface area contributed by atoms with Crippen LogP contribution in [0.15, 0.2) is 4.99 Å². The van der Waals surface area contributed by atoms with Crippen molar-refractivity contribution in [2.75, 3.05) is 6.61 Å². The van der Waals surface area contributed by atoms with E-state index in [2.05, 4.69) is 20.4 Å². The van der Waals surface area contributed by atoms with E-state index in [1.165, 1.54) is 32.1 Å².